The minimum Gasteiger partial charge on any atom is -0.368 e. The van der Waals surface area contributed by atoms with E-state index in [0.29, 0.717) is 52.4 Å². The third kappa shape index (κ3) is 5.25. The van der Waals surface area contributed by atoms with E-state index < -0.39 is 0 Å². The molecule has 0 aliphatic carbocycles. The zero-order valence-electron chi connectivity index (χ0n) is 22.7. The van der Waals surface area contributed by atoms with Gasteiger partial charge in [-0.25, -0.2) is 9.37 Å². The largest absolute Gasteiger partial charge is 0.368 e. The Morgan fingerprint density at radius 3 is 2.34 bits per heavy atom. The number of hydrogen-bond acceptors (Lipinski definition) is 7. The molecule has 1 atom stereocenters. The maximum atomic E-state index is 13.9. The van der Waals surface area contributed by atoms with Crippen LogP contribution in [0.3, 0.4) is 0 Å². The summed E-state index contributed by atoms with van der Waals surface area (Å²) in [6.07, 6.45) is 3.42. The van der Waals surface area contributed by atoms with Crippen LogP contribution in [-0.2, 0) is 4.79 Å². The van der Waals surface area contributed by atoms with Gasteiger partial charge in [0.2, 0.25) is 0 Å². The van der Waals surface area contributed by atoms with E-state index in [9.17, 15) is 14.0 Å². The predicted molar refractivity (Wildman–Crippen MR) is 167 cm³/mol. The van der Waals surface area contributed by atoms with E-state index in [2.05, 4.69) is 9.80 Å². The van der Waals surface area contributed by atoms with E-state index in [1.165, 1.54) is 28.3 Å². The molecule has 208 valence electrons. The number of carbonyl (C=O) groups excluding carboxylic acids is 1. The first-order valence-electron chi connectivity index (χ1n) is 13.4. The molecular weight excluding hydrogens is 558 g/mol. The van der Waals surface area contributed by atoms with Crippen molar-refractivity contribution in [2.45, 2.75) is 19.9 Å². The van der Waals surface area contributed by atoms with Crippen LogP contribution >= 0.6 is 24.0 Å². The molecule has 2 aromatic heterocycles. The van der Waals surface area contributed by atoms with Crippen LogP contribution in [0.4, 0.5) is 15.9 Å². The number of thiocarbonyl (C=S) groups is 1. The van der Waals surface area contributed by atoms with Crippen LogP contribution in [0.15, 0.2) is 82.6 Å². The van der Waals surface area contributed by atoms with Crippen LogP contribution in [0.2, 0.25) is 0 Å². The maximum Gasteiger partial charge on any atom is 0.267 e. The summed E-state index contributed by atoms with van der Waals surface area (Å²) in [7, 11) is 0. The number of rotatable bonds is 5. The van der Waals surface area contributed by atoms with Gasteiger partial charge in [-0.1, -0.05) is 60.4 Å². The van der Waals surface area contributed by atoms with Crippen molar-refractivity contribution >= 4 is 57.4 Å². The lowest BCUT2D eigenvalue weighted by molar-refractivity contribution is -0.123. The monoisotopic (exact) mass is 585 g/mol. The number of nitrogens with zero attached hydrogens (tertiary/aromatic N) is 5. The first-order valence-corrected chi connectivity index (χ1v) is 14.6. The van der Waals surface area contributed by atoms with E-state index in [1.54, 1.807) is 29.3 Å². The number of anilines is 2. The van der Waals surface area contributed by atoms with Crippen molar-refractivity contribution < 1.29 is 9.18 Å². The summed E-state index contributed by atoms with van der Waals surface area (Å²) in [6.45, 7) is 6.44. The van der Waals surface area contributed by atoms with Crippen LogP contribution < -0.4 is 15.4 Å². The van der Waals surface area contributed by atoms with Crippen LogP contribution in [-0.4, -0.2) is 50.7 Å². The Labute approximate surface area is 246 Å². The second kappa shape index (κ2) is 11.1. The van der Waals surface area contributed by atoms with Crippen LogP contribution in [0, 0.1) is 12.7 Å². The number of fused-ring (bicyclic) bond motifs is 1. The number of piperazine rings is 1. The highest BCUT2D eigenvalue weighted by atomic mass is 32.2. The number of pyridine rings is 1. The minimum atomic E-state index is -0.267. The predicted octanol–water partition coefficient (Wildman–Crippen LogP) is 5.43. The summed E-state index contributed by atoms with van der Waals surface area (Å²) >= 11 is 6.83. The lowest BCUT2D eigenvalue weighted by Crippen LogP contribution is -2.47. The fraction of sp³-hybridized carbons (Fsp3) is 0.226. The summed E-state index contributed by atoms with van der Waals surface area (Å²) in [5.41, 5.74) is 3.51. The van der Waals surface area contributed by atoms with Gasteiger partial charge in [0, 0.05) is 38.1 Å². The summed E-state index contributed by atoms with van der Waals surface area (Å²) < 4.78 is 15.4. The number of aryl methyl sites for hydroxylation is 1. The van der Waals surface area contributed by atoms with Crippen molar-refractivity contribution in [3.63, 3.8) is 0 Å². The van der Waals surface area contributed by atoms with Crippen molar-refractivity contribution in [3.8, 4) is 0 Å². The van der Waals surface area contributed by atoms with Crippen molar-refractivity contribution in [1.29, 1.82) is 0 Å². The number of hydrogen-bond donors (Lipinski definition) is 0. The number of halogens is 1. The maximum absolute atomic E-state index is 13.9. The minimum absolute atomic E-state index is 0.225. The molecule has 2 aromatic carbocycles. The fourth-order valence-corrected chi connectivity index (χ4v) is 6.67. The summed E-state index contributed by atoms with van der Waals surface area (Å²) in [6, 6.07) is 19.7. The molecule has 7 nitrogen and oxygen atoms in total. The van der Waals surface area contributed by atoms with E-state index in [4.69, 9.17) is 17.2 Å². The SMILES string of the molecule is Cc1ccc2nc(N3CCN(c4ccc(F)cc4)CC3)c(C=C3SC(=S)N(C(C)c4ccccc4)C3=O)c(=O)n2c1. The normalized spacial score (nSPS) is 17.6. The molecule has 2 aliphatic rings. The van der Waals surface area contributed by atoms with Gasteiger partial charge < -0.3 is 9.80 Å². The number of carbonyl (C=O) groups is 1. The molecular formula is C31H28FN5O2S2. The molecule has 2 aliphatic heterocycles. The van der Waals surface area contributed by atoms with E-state index >= 15 is 0 Å². The highest BCUT2D eigenvalue weighted by Crippen LogP contribution is 2.38. The molecule has 1 amide bonds. The van der Waals surface area contributed by atoms with Gasteiger partial charge in [0.1, 0.15) is 21.6 Å². The van der Waals surface area contributed by atoms with E-state index in [-0.39, 0.29) is 23.3 Å². The number of benzene rings is 2. The third-order valence-corrected chi connectivity index (χ3v) is 8.86. The average Bonchev–Trinajstić information content (AvgIpc) is 3.27. The highest BCUT2D eigenvalue weighted by Gasteiger charge is 2.36. The first kappa shape index (κ1) is 27.2. The molecule has 1 unspecified atom stereocenters. The van der Waals surface area contributed by atoms with Gasteiger partial charge in [-0.3, -0.25) is 18.9 Å². The zero-order valence-corrected chi connectivity index (χ0v) is 24.3. The highest BCUT2D eigenvalue weighted by molar-refractivity contribution is 8.26. The zero-order chi connectivity index (χ0) is 28.7. The van der Waals surface area contributed by atoms with E-state index in [1.807, 2.05) is 56.3 Å². The fourth-order valence-electron chi connectivity index (χ4n) is 5.27. The Bertz CT molecular complexity index is 1730. The molecule has 4 heterocycles. The van der Waals surface area contributed by atoms with Crippen LogP contribution in [0.1, 0.15) is 29.7 Å². The number of thioether (sulfide) groups is 1. The summed E-state index contributed by atoms with van der Waals surface area (Å²) in [5.74, 6) is 0.0489. The molecule has 41 heavy (non-hydrogen) atoms. The average molecular weight is 586 g/mol. The van der Waals surface area contributed by atoms with Gasteiger partial charge in [-0.05, 0) is 61.4 Å². The lowest BCUT2D eigenvalue weighted by Gasteiger charge is -2.37. The molecule has 0 spiro atoms. The molecule has 2 fully saturated rings. The quantitative estimate of drug-likeness (QED) is 0.229. The van der Waals surface area contributed by atoms with Crippen molar-refractivity contribution in [1.82, 2.24) is 14.3 Å². The Morgan fingerprint density at radius 2 is 1.63 bits per heavy atom. The van der Waals surface area contributed by atoms with Crippen molar-refractivity contribution in [2.75, 3.05) is 36.0 Å². The standard InChI is InChI=1S/C31H28FN5O2S2/c1-20-8-13-27-33-28(35-16-14-34(15-17-35)24-11-9-23(32)10-12-24)25(29(38)36(27)19-20)18-26-30(39)37(31(40)41-26)21(2)22-6-4-3-5-7-22/h3-13,18-19,21H,14-17H2,1-2H3. The number of aromatic nitrogens is 2. The third-order valence-electron chi connectivity index (χ3n) is 7.52. The molecule has 0 radical (unpaired) electrons. The Hall–Kier alpha value is -4.02. The Morgan fingerprint density at radius 1 is 0.951 bits per heavy atom. The smallest absolute Gasteiger partial charge is 0.267 e. The second-order valence-corrected chi connectivity index (χ2v) is 11.9. The Balaban J connectivity index is 1.36. The second-order valence-electron chi connectivity index (χ2n) is 10.2. The Kier molecular flexibility index (Phi) is 7.35. The molecule has 6 rings (SSSR count). The summed E-state index contributed by atoms with van der Waals surface area (Å²) in [5, 5.41) is 0. The van der Waals surface area contributed by atoms with Gasteiger partial charge in [0.05, 0.1) is 16.5 Å². The molecule has 10 heteroatoms. The topological polar surface area (TPSA) is 61.2 Å². The number of amides is 1. The van der Waals surface area contributed by atoms with E-state index in [0.717, 1.165) is 16.8 Å². The molecule has 0 bridgehead atoms. The van der Waals surface area contributed by atoms with Crippen molar-refractivity contribution in [2.24, 2.45) is 0 Å². The molecule has 4 aromatic rings. The molecule has 2 saturated heterocycles. The van der Waals surface area contributed by atoms with Crippen LogP contribution in [0.5, 0.6) is 0 Å². The van der Waals surface area contributed by atoms with Gasteiger partial charge in [0.25, 0.3) is 11.5 Å². The lowest BCUT2D eigenvalue weighted by atomic mass is 10.1. The summed E-state index contributed by atoms with van der Waals surface area (Å²) in [4.78, 5) is 38.7. The molecule has 0 N–H and O–H groups in total. The van der Waals surface area contributed by atoms with Gasteiger partial charge >= 0.3 is 0 Å². The molecule has 0 saturated carbocycles. The van der Waals surface area contributed by atoms with Crippen LogP contribution in [0.25, 0.3) is 11.7 Å². The van der Waals surface area contributed by atoms with Gasteiger partial charge in [0.15, 0.2) is 0 Å². The van der Waals surface area contributed by atoms with Crippen molar-refractivity contribution in [3.05, 3.63) is 111 Å². The van der Waals surface area contributed by atoms with Gasteiger partial charge in [-0.2, -0.15) is 0 Å². The van der Waals surface area contributed by atoms with Gasteiger partial charge in [-0.15, -0.1) is 0 Å². The first-order chi connectivity index (χ1) is 19.8.